The number of nitrogens with one attached hydrogen (secondary N) is 2. The molecule has 2 saturated heterocycles. The van der Waals surface area contributed by atoms with Crippen LogP contribution in [0.5, 0.6) is 0 Å². The summed E-state index contributed by atoms with van der Waals surface area (Å²) in [6.07, 6.45) is 3.69. The largest absolute Gasteiger partial charge is 0.480 e. The minimum absolute atomic E-state index is 0.105. The molecule has 4 amide bonds. The monoisotopic (exact) mass is 530 g/mol. The highest BCUT2D eigenvalue weighted by atomic mass is 32.1. The number of carbonyl (C=O) groups excluding carboxylic acids is 4. The number of nitrogens with zero attached hydrogens (tertiary/aromatic N) is 2. The molecule has 2 heterocycles. The van der Waals surface area contributed by atoms with Crippen molar-refractivity contribution in [3.05, 3.63) is 0 Å². The molecule has 5 atom stereocenters. The van der Waals surface area contributed by atoms with Gasteiger partial charge in [0.2, 0.25) is 23.6 Å². The van der Waals surface area contributed by atoms with Crippen LogP contribution in [0.1, 0.15) is 44.9 Å². The molecular weight excluding hydrogens is 492 g/mol. The third-order valence-corrected chi connectivity index (χ3v) is 6.92. The maximum Gasteiger partial charge on any atom is 0.326 e. The highest BCUT2D eigenvalue weighted by Gasteiger charge is 2.39. The van der Waals surface area contributed by atoms with Crippen LogP contribution in [0.15, 0.2) is 0 Å². The van der Waals surface area contributed by atoms with E-state index in [0.29, 0.717) is 51.6 Å². The first-order chi connectivity index (χ1) is 17.2. The number of carboxylic acid groups (broad SMARTS) is 1. The summed E-state index contributed by atoms with van der Waals surface area (Å²) in [5.41, 5.74) is 11.5. The first-order valence-electron chi connectivity index (χ1n) is 12.3. The fourth-order valence-electron chi connectivity index (χ4n) is 4.56. The van der Waals surface area contributed by atoms with E-state index in [-0.39, 0.29) is 18.2 Å². The van der Waals surface area contributed by atoms with E-state index in [1.54, 1.807) is 0 Å². The molecule has 2 aliphatic rings. The average molecular weight is 531 g/mol. The van der Waals surface area contributed by atoms with Crippen LogP contribution < -0.4 is 22.1 Å². The summed E-state index contributed by atoms with van der Waals surface area (Å²) >= 11 is 4.10. The minimum Gasteiger partial charge on any atom is -0.480 e. The summed E-state index contributed by atoms with van der Waals surface area (Å²) in [5, 5.41) is 24.0. The second-order valence-corrected chi connectivity index (χ2v) is 9.46. The number of unbranched alkanes of at least 4 members (excludes halogenated alkanes) is 1. The number of aliphatic hydroxyl groups is 1. The molecule has 0 spiro atoms. The highest BCUT2D eigenvalue weighted by Crippen LogP contribution is 2.20. The number of hydrogen-bond acceptors (Lipinski definition) is 9. The van der Waals surface area contributed by atoms with Crippen LogP contribution in [0.2, 0.25) is 0 Å². The van der Waals surface area contributed by atoms with Gasteiger partial charge in [-0.25, -0.2) is 4.79 Å². The Morgan fingerprint density at radius 3 is 2.11 bits per heavy atom. The zero-order valence-corrected chi connectivity index (χ0v) is 21.2. The van der Waals surface area contributed by atoms with E-state index >= 15 is 0 Å². The van der Waals surface area contributed by atoms with E-state index in [9.17, 15) is 34.2 Å². The van der Waals surface area contributed by atoms with Crippen molar-refractivity contribution >= 4 is 42.2 Å². The molecule has 0 aliphatic carbocycles. The van der Waals surface area contributed by atoms with E-state index in [0.717, 1.165) is 6.42 Å². The molecule has 2 rings (SSSR count). The van der Waals surface area contributed by atoms with Gasteiger partial charge in [-0.1, -0.05) is 6.42 Å². The summed E-state index contributed by atoms with van der Waals surface area (Å²) in [6, 6.07) is -5.08. The predicted molar refractivity (Wildman–Crippen MR) is 133 cm³/mol. The summed E-state index contributed by atoms with van der Waals surface area (Å²) in [4.78, 5) is 65.3. The number of aliphatic hydroxyl groups excluding tert-OH is 1. The van der Waals surface area contributed by atoms with Crippen molar-refractivity contribution in [1.82, 2.24) is 20.4 Å². The Kier molecular flexibility index (Phi) is 11.9. The molecule has 0 radical (unpaired) electrons. The Morgan fingerprint density at radius 1 is 0.944 bits per heavy atom. The lowest BCUT2D eigenvalue weighted by atomic mass is 10.1. The van der Waals surface area contributed by atoms with Gasteiger partial charge in [0.15, 0.2) is 0 Å². The quantitative estimate of drug-likeness (QED) is 0.0982. The number of nitrogens with two attached hydrogens (primary N) is 2. The summed E-state index contributed by atoms with van der Waals surface area (Å²) in [5.74, 6) is -3.61. The van der Waals surface area contributed by atoms with Crippen LogP contribution in [0, 0.1) is 0 Å². The maximum atomic E-state index is 12.9. The second-order valence-electron chi connectivity index (χ2n) is 9.10. The second kappa shape index (κ2) is 14.4. The van der Waals surface area contributed by atoms with Gasteiger partial charge >= 0.3 is 5.97 Å². The normalized spacial score (nSPS) is 22.1. The number of hydrogen-bond donors (Lipinski definition) is 7. The van der Waals surface area contributed by atoms with Gasteiger partial charge in [-0.05, 0) is 45.1 Å². The molecule has 2 aliphatic heterocycles. The summed E-state index contributed by atoms with van der Waals surface area (Å²) in [7, 11) is 0. The van der Waals surface area contributed by atoms with Crippen molar-refractivity contribution in [2.45, 2.75) is 75.2 Å². The molecule has 0 aromatic rings. The zero-order chi connectivity index (χ0) is 26.8. The number of aliphatic carboxylic acids is 1. The average Bonchev–Trinajstić information content (AvgIpc) is 3.55. The van der Waals surface area contributed by atoms with E-state index in [2.05, 4.69) is 23.3 Å². The standard InChI is InChI=1S/C22H38N6O7S/c23-8-2-1-5-13(24)20(32)27-9-3-6-16(27)19(31)25-14(11-29)18(30)26-15(12-36)21(33)28-10-4-7-17(28)22(34)35/h13-17,29,36H,1-12,23-24H2,(H,25,31)(H,26,30)(H,34,35)/t13-,14-,15-,16-,17-/m0/s1. The SMILES string of the molecule is NCCCC[C@H](N)C(=O)N1CCC[C@H]1C(=O)N[C@@H](CO)C(=O)N[C@@H](CS)C(=O)N1CCC[C@H]1C(=O)O. The molecule has 36 heavy (non-hydrogen) atoms. The van der Waals surface area contributed by atoms with E-state index in [1.807, 2.05) is 0 Å². The third kappa shape index (κ3) is 7.54. The summed E-state index contributed by atoms with van der Waals surface area (Å²) in [6.45, 7) is 0.355. The fourth-order valence-corrected chi connectivity index (χ4v) is 4.80. The Balaban J connectivity index is 1.98. The Bertz CT molecular complexity index is 816. The number of amides is 4. The molecule has 0 aromatic heterocycles. The molecule has 14 heteroatoms. The smallest absolute Gasteiger partial charge is 0.326 e. The van der Waals surface area contributed by atoms with Crippen molar-refractivity contribution in [2.24, 2.45) is 11.5 Å². The van der Waals surface area contributed by atoms with Crippen molar-refractivity contribution in [3.8, 4) is 0 Å². The van der Waals surface area contributed by atoms with Gasteiger partial charge in [-0.15, -0.1) is 0 Å². The Morgan fingerprint density at radius 2 is 1.56 bits per heavy atom. The molecule has 8 N–H and O–H groups in total. The number of carboxylic acids is 1. The topological polar surface area (TPSA) is 208 Å². The van der Waals surface area contributed by atoms with Crippen molar-refractivity contribution in [2.75, 3.05) is 32.0 Å². The van der Waals surface area contributed by atoms with E-state index < -0.39 is 60.5 Å². The lowest BCUT2D eigenvalue weighted by Crippen LogP contribution is -2.59. The molecule has 0 saturated carbocycles. The lowest BCUT2D eigenvalue weighted by molar-refractivity contribution is -0.149. The molecule has 13 nitrogen and oxygen atoms in total. The molecule has 0 bridgehead atoms. The van der Waals surface area contributed by atoms with E-state index in [4.69, 9.17) is 11.5 Å². The van der Waals surface area contributed by atoms with Crippen LogP contribution in [0.3, 0.4) is 0 Å². The number of thiol groups is 1. The molecule has 2 fully saturated rings. The van der Waals surface area contributed by atoms with Crippen molar-refractivity contribution in [1.29, 1.82) is 0 Å². The first kappa shape index (κ1) is 29.8. The molecule has 0 unspecified atom stereocenters. The van der Waals surface area contributed by atoms with Gasteiger partial charge in [-0.2, -0.15) is 12.6 Å². The van der Waals surface area contributed by atoms with E-state index in [1.165, 1.54) is 9.80 Å². The Hall–Kier alpha value is -2.42. The van der Waals surface area contributed by atoms with Crippen LogP contribution in [0.4, 0.5) is 0 Å². The van der Waals surface area contributed by atoms with Gasteiger partial charge < -0.3 is 42.1 Å². The fraction of sp³-hybridized carbons (Fsp3) is 0.773. The number of carbonyl (C=O) groups is 5. The summed E-state index contributed by atoms with van der Waals surface area (Å²) < 4.78 is 0. The van der Waals surface area contributed by atoms with Gasteiger partial charge in [0, 0.05) is 18.8 Å². The lowest BCUT2D eigenvalue weighted by Gasteiger charge is -2.29. The predicted octanol–water partition coefficient (Wildman–Crippen LogP) is -2.60. The van der Waals surface area contributed by atoms with Crippen molar-refractivity contribution in [3.63, 3.8) is 0 Å². The van der Waals surface area contributed by atoms with Crippen LogP contribution in [-0.2, 0) is 24.0 Å². The van der Waals surface area contributed by atoms with Gasteiger partial charge in [-0.3, -0.25) is 19.2 Å². The third-order valence-electron chi connectivity index (χ3n) is 6.56. The van der Waals surface area contributed by atoms with Gasteiger partial charge in [0.05, 0.1) is 12.6 Å². The van der Waals surface area contributed by atoms with Crippen molar-refractivity contribution < 1.29 is 34.2 Å². The first-order valence-corrected chi connectivity index (χ1v) is 12.9. The molecule has 204 valence electrons. The van der Waals surface area contributed by atoms with Gasteiger partial charge in [0.25, 0.3) is 0 Å². The molecular formula is C22H38N6O7S. The van der Waals surface area contributed by atoms with Crippen LogP contribution in [-0.4, -0.2) is 112 Å². The number of rotatable bonds is 13. The number of likely N-dealkylation sites (tertiary alicyclic amines) is 2. The molecule has 0 aromatic carbocycles. The van der Waals surface area contributed by atoms with Crippen LogP contribution >= 0.6 is 12.6 Å². The minimum atomic E-state index is -1.38. The zero-order valence-electron chi connectivity index (χ0n) is 20.3. The van der Waals surface area contributed by atoms with Crippen LogP contribution in [0.25, 0.3) is 0 Å². The van der Waals surface area contributed by atoms with Gasteiger partial charge in [0.1, 0.15) is 24.2 Å². The maximum absolute atomic E-state index is 12.9. The highest BCUT2D eigenvalue weighted by molar-refractivity contribution is 7.80. The Labute approximate surface area is 215 Å².